The lowest BCUT2D eigenvalue weighted by Gasteiger charge is -2.29. The Hall–Kier alpha value is -7.63. The Morgan fingerprint density at radius 1 is 0.773 bits per heavy atom. The number of ether oxygens (including phenoxy) is 4. The van der Waals surface area contributed by atoms with Crippen molar-refractivity contribution in [1.29, 1.82) is 0 Å². The number of methoxy groups -OCH3 is 2. The number of carbonyl (C=O) groups is 9. The third-order valence-corrected chi connectivity index (χ3v) is 19.4. The molecular formula is C56H78F2N11O17PS. The summed E-state index contributed by atoms with van der Waals surface area (Å²) < 4.78 is 98.1. The maximum absolute atomic E-state index is 15.3. The van der Waals surface area contributed by atoms with E-state index in [0.717, 1.165) is 17.1 Å². The lowest BCUT2D eigenvalue weighted by molar-refractivity contribution is -0.137. The standard InChI is InChI=1S/C56H78F2N11O17PS/c1-33(2)51(65-48(72)11-8-18-67-49(73)12-13-50(67)74)53(76)63-39(9-6-14-59-32-70)52(75)61-16-15-60-47(71)10-7-17-66(3)87(79,21-19-84-45-27-40-37(25-43(45)82-4)55(77)68-30-34(57)23-36(68)29-62-40)22-20-85-46-28-41-38(26-44(46)83-5)56(78)69-31-35(58)24-42(69)54(64-41)86-88(80)81/h12-13,25-28,32-36,39,42,51,54,62,64,88H,6-11,14-24,29-31H2,1-5H3,(H,59,70)(H,60,71)(H,61,75)(H,63,76)(H,65,72)/t34-,35-,36+,39-,42+,51-,54?,87?/m1/s1. The van der Waals surface area contributed by atoms with Crippen LogP contribution in [0.2, 0.25) is 0 Å². The third-order valence-electron chi connectivity index (χ3n) is 15.8. The van der Waals surface area contributed by atoms with E-state index in [4.69, 9.17) is 23.1 Å². The summed E-state index contributed by atoms with van der Waals surface area (Å²) >= 11 is 0. The number of hydrogen-bond acceptors (Lipinski definition) is 19. The summed E-state index contributed by atoms with van der Waals surface area (Å²) in [6.45, 7) is 3.37. The van der Waals surface area contributed by atoms with E-state index >= 15 is 4.57 Å². The number of alkyl halides is 2. The third kappa shape index (κ3) is 17.6. The van der Waals surface area contributed by atoms with Crippen molar-refractivity contribution >= 4 is 83.3 Å². The normalized spacial score (nSPS) is 20.8. The number of nitrogens with one attached hydrogen (secondary N) is 7. The molecule has 2 fully saturated rings. The van der Waals surface area contributed by atoms with Crippen molar-refractivity contribution in [3.05, 3.63) is 47.5 Å². The van der Waals surface area contributed by atoms with Gasteiger partial charge in [0.05, 0.1) is 75.1 Å². The molecule has 5 heterocycles. The summed E-state index contributed by atoms with van der Waals surface area (Å²) in [5.41, 5.74) is 0.889. The van der Waals surface area contributed by atoms with Gasteiger partial charge in [-0.1, -0.05) is 13.8 Å². The molecule has 484 valence electrons. The van der Waals surface area contributed by atoms with Crippen molar-refractivity contribution in [2.75, 3.05) is 110 Å². The number of carbonyl (C=O) groups excluding carboxylic acids is 9. The molecule has 2 aromatic rings. The predicted molar refractivity (Wildman–Crippen MR) is 315 cm³/mol. The van der Waals surface area contributed by atoms with Gasteiger partial charge in [0.1, 0.15) is 24.4 Å². The van der Waals surface area contributed by atoms with Crippen LogP contribution in [-0.2, 0) is 53.3 Å². The van der Waals surface area contributed by atoms with E-state index in [1.54, 1.807) is 31.6 Å². The average Bonchev–Trinajstić information content (AvgIpc) is 1.88. The Bertz CT molecular complexity index is 3060. The van der Waals surface area contributed by atoms with Crippen molar-refractivity contribution in [3.63, 3.8) is 0 Å². The van der Waals surface area contributed by atoms with Gasteiger partial charge >= 0.3 is 0 Å². The number of rotatable bonds is 34. The topological polar surface area (TPSA) is 348 Å². The first-order chi connectivity index (χ1) is 42.0. The first-order valence-corrected chi connectivity index (χ1v) is 32.2. The van der Waals surface area contributed by atoms with E-state index in [1.807, 2.05) is 0 Å². The van der Waals surface area contributed by atoms with E-state index in [0.29, 0.717) is 25.1 Å². The molecule has 2 unspecified atom stereocenters. The van der Waals surface area contributed by atoms with Crippen LogP contribution in [0.4, 0.5) is 20.2 Å². The van der Waals surface area contributed by atoms with E-state index in [9.17, 15) is 60.3 Å². The molecule has 88 heavy (non-hydrogen) atoms. The zero-order valence-electron chi connectivity index (χ0n) is 49.7. The van der Waals surface area contributed by atoms with Crippen LogP contribution in [0.1, 0.15) is 85.9 Å². The lowest BCUT2D eigenvalue weighted by Crippen LogP contribution is -2.55. The van der Waals surface area contributed by atoms with Gasteiger partial charge in [0.2, 0.25) is 30.0 Å². The Morgan fingerprint density at radius 3 is 2.01 bits per heavy atom. The highest BCUT2D eigenvalue weighted by Gasteiger charge is 2.45. The first kappa shape index (κ1) is 67.9. The molecule has 2 saturated heterocycles. The van der Waals surface area contributed by atoms with Gasteiger partial charge in [-0.25, -0.2) is 21.4 Å². The summed E-state index contributed by atoms with van der Waals surface area (Å²) in [5, 5.41) is 19.5. The highest BCUT2D eigenvalue weighted by Crippen LogP contribution is 2.49. The van der Waals surface area contributed by atoms with Gasteiger partial charge in [-0.15, -0.1) is 0 Å². The summed E-state index contributed by atoms with van der Waals surface area (Å²) in [5.74, 6) is -3.82. The van der Waals surface area contributed by atoms with Crippen molar-refractivity contribution in [2.24, 2.45) is 5.92 Å². The van der Waals surface area contributed by atoms with Gasteiger partial charge in [0.25, 0.3) is 34.6 Å². The number of amides is 9. The smallest absolute Gasteiger partial charge is 0.259 e. The molecule has 0 aliphatic carbocycles. The molecule has 5 aliphatic rings. The molecule has 7 N–H and O–H groups in total. The molecule has 28 nitrogen and oxygen atoms in total. The summed E-state index contributed by atoms with van der Waals surface area (Å²) in [6, 6.07) is 2.45. The highest BCUT2D eigenvalue weighted by atomic mass is 32.2. The average molecular weight is 1280 g/mol. The molecule has 0 bridgehead atoms. The Morgan fingerprint density at radius 2 is 1.38 bits per heavy atom. The summed E-state index contributed by atoms with van der Waals surface area (Å²) in [6.07, 6.45) is -0.584. The van der Waals surface area contributed by atoms with Crippen LogP contribution in [0, 0.1) is 5.92 Å². The quantitative estimate of drug-likeness (QED) is 0.0160. The maximum atomic E-state index is 15.3. The monoisotopic (exact) mass is 1280 g/mol. The van der Waals surface area contributed by atoms with Gasteiger partial charge in [0.15, 0.2) is 36.5 Å². The fraction of sp³-hybridized carbons (Fsp3) is 0.589. The molecule has 32 heteroatoms. The van der Waals surface area contributed by atoms with E-state index < -0.39 is 102 Å². The van der Waals surface area contributed by atoms with E-state index in [1.165, 1.54) is 42.2 Å². The first-order valence-electron chi connectivity index (χ1n) is 29.1. The molecule has 9 amide bonds. The largest absolute Gasteiger partial charge is 0.493 e. The lowest BCUT2D eigenvalue weighted by atomic mass is 10.0. The van der Waals surface area contributed by atoms with E-state index in [-0.39, 0.29) is 168 Å². The molecule has 0 aromatic heterocycles. The number of halogens is 2. The van der Waals surface area contributed by atoms with Gasteiger partial charge in [-0.2, -0.15) is 0 Å². The molecule has 2 aromatic carbocycles. The Labute approximate surface area is 509 Å². The van der Waals surface area contributed by atoms with Crippen LogP contribution in [-0.4, -0.2) is 223 Å². The molecule has 7 rings (SSSR count). The van der Waals surface area contributed by atoms with Crippen molar-refractivity contribution in [2.45, 2.75) is 108 Å². The molecule has 5 aliphatic heterocycles. The zero-order valence-corrected chi connectivity index (χ0v) is 51.5. The number of fused-ring (bicyclic) bond motifs is 4. The number of anilines is 2. The fourth-order valence-electron chi connectivity index (χ4n) is 11.0. The van der Waals surface area contributed by atoms with Gasteiger partial charge in [-0.3, -0.25) is 52.7 Å². The number of nitrogens with zero attached hydrogens (tertiary/aromatic N) is 4. The van der Waals surface area contributed by atoms with Crippen LogP contribution >= 0.6 is 7.29 Å². The minimum absolute atomic E-state index is 0.0118. The minimum Gasteiger partial charge on any atom is -0.493 e. The van der Waals surface area contributed by atoms with Crippen molar-refractivity contribution in [3.8, 4) is 23.0 Å². The fourth-order valence-corrected chi connectivity index (χ4v) is 13.6. The molecule has 8 atom stereocenters. The number of imide groups is 1. The molecule has 0 spiro atoms. The molecule has 0 saturated carbocycles. The van der Waals surface area contributed by atoms with E-state index in [2.05, 4.69) is 37.2 Å². The second-order valence-electron chi connectivity index (χ2n) is 22.1. The van der Waals surface area contributed by atoms with Crippen LogP contribution in [0.3, 0.4) is 0 Å². The summed E-state index contributed by atoms with van der Waals surface area (Å²) in [7, 11) is -2.58. The molecular weight excluding hydrogens is 1200 g/mol. The second-order valence-corrected chi connectivity index (χ2v) is 26.0. The van der Waals surface area contributed by atoms with Crippen molar-refractivity contribution in [1.82, 2.24) is 46.0 Å². The number of hydrogen-bond donors (Lipinski definition) is 8. The van der Waals surface area contributed by atoms with Crippen LogP contribution in [0.25, 0.3) is 0 Å². The summed E-state index contributed by atoms with van der Waals surface area (Å²) in [4.78, 5) is 119. The van der Waals surface area contributed by atoms with Crippen LogP contribution < -0.4 is 56.2 Å². The van der Waals surface area contributed by atoms with Gasteiger partial charge < -0.3 is 70.5 Å². The zero-order chi connectivity index (χ0) is 63.8. The maximum Gasteiger partial charge on any atom is 0.259 e. The van der Waals surface area contributed by atoms with Gasteiger partial charge in [0, 0.05) is 102 Å². The second kappa shape index (κ2) is 31.5. The van der Waals surface area contributed by atoms with Crippen LogP contribution in [0.5, 0.6) is 23.0 Å². The predicted octanol–water partition coefficient (Wildman–Crippen LogP) is 1.07. The Kier molecular flexibility index (Phi) is 24.3. The van der Waals surface area contributed by atoms with Crippen LogP contribution in [0.15, 0.2) is 36.4 Å². The number of benzene rings is 2. The highest BCUT2D eigenvalue weighted by molar-refractivity contribution is 7.67. The number of thiol groups is 1. The minimum atomic E-state index is -3.52. The molecule has 0 radical (unpaired) electrons. The SMILES string of the molecule is COc1cc2c(cc1OCCP(=O)(CCOc1cc3c(cc1OC)C(=O)N1C[C@H](F)C[C@H]1C(O[SH](=O)=O)N3)N(C)CCCC(=O)NCCNC(=O)[C@@H](CCCNC=O)NC(=O)[C@H](NC(=O)CCCN1C(=O)C=CC1=O)C(C)C)NC[C@@H]1C[C@@H](F)CN1C2=O. The Balaban J connectivity index is 0.961. The van der Waals surface area contributed by atoms with Crippen molar-refractivity contribution < 1.29 is 88.0 Å². The van der Waals surface area contributed by atoms with Gasteiger partial charge in [-0.05, 0) is 50.8 Å².